The second kappa shape index (κ2) is 8.40. The molecule has 0 atom stereocenters. The molecule has 2 amide bonds. The smallest absolute Gasteiger partial charge is 0.273 e. The number of carbonyl (C=O) groups excluding carboxylic acids is 2. The van der Waals surface area contributed by atoms with Gasteiger partial charge in [0.15, 0.2) is 11.0 Å². The molecule has 8 nitrogen and oxygen atoms in total. The van der Waals surface area contributed by atoms with Gasteiger partial charge in [0.25, 0.3) is 5.91 Å². The van der Waals surface area contributed by atoms with Crippen LogP contribution in [-0.2, 0) is 11.3 Å². The van der Waals surface area contributed by atoms with Crippen molar-refractivity contribution in [3.05, 3.63) is 40.7 Å². The zero-order valence-corrected chi connectivity index (χ0v) is 16.7. The van der Waals surface area contributed by atoms with Crippen LogP contribution in [0.15, 0.2) is 33.2 Å². The van der Waals surface area contributed by atoms with Crippen LogP contribution in [0.25, 0.3) is 10.7 Å². The Morgan fingerprint density at radius 3 is 2.74 bits per heavy atom. The number of thiophene rings is 1. The largest absolute Gasteiger partial charge is 0.466 e. The molecule has 2 N–H and O–H groups in total. The fraction of sp³-hybridized carbons (Fsp3) is 0.294. The molecule has 0 unspecified atom stereocenters. The van der Waals surface area contributed by atoms with Gasteiger partial charge < -0.3 is 8.98 Å². The molecule has 0 saturated carbocycles. The van der Waals surface area contributed by atoms with Gasteiger partial charge in [-0.3, -0.25) is 20.4 Å². The molecular formula is C17H19N5O3S2. The van der Waals surface area contributed by atoms with Gasteiger partial charge in [0.2, 0.25) is 5.91 Å². The van der Waals surface area contributed by atoms with Crippen molar-refractivity contribution < 1.29 is 14.0 Å². The lowest BCUT2D eigenvalue weighted by Crippen LogP contribution is -2.42. The van der Waals surface area contributed by atoms with Gasteiger partial charge in [0, 0.05) is 6.54 Å². The normalized spacial score (nSPS) is 10.8. The number of furan rings is 1. The van der Waals surface area contributed by atoms with E-state index >= 15 is 0 Å². The summed E-state index contributed by atoms with van der Waals surface area (Å²) in [6, 6.07) is 5.57. The molecule has 3 rings (SSSR count). The lowest BCUT2D eigenvalue weighted by Gasteiger charge is -2.08. The molecule has 3 aromatic rings. The summed E-state index contributed by atoms with van der Waals surface area (Å²) in [6.07, 6.45) is 0. The summed E-state index contributed by atoms with van der Waals surface area (Å²) >= 11 is 2.85. The Labute approximate surface area is 164 Å². The zero-order valence-electron chi connectivity index (χ0n) is 15.1. The van der Waals surface area contributed by atoms with E-state index in [4.69, 9.17) is 4.42 Å². The van der Waals surface area contributed by atoms with E-state index in [1.54, 1.807) is 31.3 Å². The molecule has 142 valence electrons. The van der Waals surface area contributed by atoms with Crippen LogP contribution in [-0.4, -0.2) is 32.3 Å². The van der Waals surface area contributed by atoms with Crippen LogP contribution in [0, 0.1) is 13.8 Å². The Hall–Kier alpha value is -2.59. The van der Waals surface area contributed by atoms with Gasteiger partial charge in [-0.05, 0) is 38.3 Å². The third kappa shape index (κ3) is 4.40. The minimum absolute atomic E-state index is 0.103. The molecule has 0 spiro atoms. The SMILES string of the molecule is CCn1c(SCC(=O)NNC(=O)c2cc(C)oc2C)nnc1-c1cccs1. The van der Waals surface area contributed by atoms with Crippen molar-refractivity contribution >= 4 is 34.9 Å². The highest BCUT2D eigenvalue weighted by atomic mass is 32.2. The van der Waals surface area contributed by atoms with Gasteiger partial charge in [-0.15, -0.1) is 21.5 Å². The lowest BCUT2D eigenvalue weighted by molar-refractivity contribution is -0.119. The van der Waals surface area contributed by atoms with E-state index in [2.05, 4.69) is 21.0 Å². The summed E-state index contributed by atoms with van der Waals surface area (Å²) in [6.45, 7) is 6.15. The molecule has 0 saturated heterocycles. The molecule has 0 aliphatic rings. The first-order chi connectivity index (χ1) is 13.0. The Morgan fingerprint density at radius 1 is 1.30 bits per heavy atom. The fourth-order valence-electron chi connectivity index (χ4n) is 2.48. The van der Waals surface area contributed by atoms with Crippen LogP contribution in [0.3, 0.4) is 0 Å². The summed E-state index contributed by atoms with van der Waals surface area (Å²) in [5.74, 6) is 1.28. The quantitative estimate of drug-likeness (QED) is 0.483. The van der Waals surface area contributed by atoms with E-state index in [0.29, 0.717) is 28.8 Å². The monoisotopic (exact) mass is 405 g/mol. The van der Waals surface area contributed by atoms with Crippen LogP contribution in [0.2, 0.25) is 0 Å². The van der Waals surface area contributed by atoms with E-state index in [9.17, 15) is 9.59 Å². The van der Waals surface area contributed by atoms with Gasteiger partial charge in [0.1, 0.15) is 11.5 Å². The molecule has 0 aliphatic carbocycles. The standard InChI is InChI=1S/C17H19N5O3S2/c1-4-22-15(13-6-5-7-26-13)19-21-17(22)27-9-14(23)18-20-16(24)12-8-10(2)25-11(12)3/h5-8H,4,9H2,1-3H3,(H,18,23)(H,20,24). The Morgan fingerprint density at radius 2 is 2.11 bits per heavy atom. The maximum absolute atomic E-state index is 12.1. The number of carbonyl (C=O) groups is 2. The third-order valence-electron chi connectivity index (χ3n) is 3.71. The van der Waals surface area contributed by atoms with Gasteiger partial charge >= 0.3 is 0 Å². The van der Waals surface area contributed by atoms with Crippen molar-refractivity contribution in [1.82, 2.24) is 25.6 Å². The number of nitrogens with one attached hydrogen (secondary N) is 2. The van der Waals surface area contributed by atoms with Crippen molar-refractivity contribution in [3.63, 3.8) is 0 Å². The second-order valence-electron chi connectivity index (χ2n) is 5.65. The minimum atomic E-state index is -0.417. The maximum atomic E-state index is 12.1. The van der Waals surface area contributed by atoms with E-state index in [0.717, 1.165) is 10.7 Å². The highest BCUT2D eigenvalue weighted by Gasteiger charge is 2.17. The second-order valence-corrected chi connectivity index (χ2v) is 7.54. The van der Waals surface area contributed by atoms with Crippen molar-refractivity contribution in [2.75, 3.05) is 5.75 Å². The average molecular weight is 406 g/mol. The predicted octanol–water partition coefficient (Wildman–Crippen LogP) is 2.79. The maximum Gasteiger partial charge on any atom is 0.273 e. The molecular weight excluding hydrogens is 386 g/mol. The summed E-state index contributed by atoms with van der Waals surface area (Å²) in [5.41, 5.74) is 5.19. The van der Waals surface area contributed by atoms with Crippen LogP contribution < -0.4 is 10.9 Å². The molecule has 27 heavy (non-hydrogen) atoms. The number of hydrazine groups is 1. The number of hydrogen-bond donors (Lipinski definition) is 2. The number of aromatic nitrogens is 3. The molecule has 3 aromatic heterocycles. The molecule has 0 aliphatic heterocycles. The summed E-state index contributed by atoms with van der Waals surface area (Å²) in [7, 11) is 0. The van der Waals surface area contributed by atoms with E-state index in [-0.39, 0.29) is 11.7 Å². The number of nitrogens with zero attached hydrogens (tertiary/aromatic N) is 3. The lowest BCUT2D eigenvalue weighted by atomic mass is 10.2. The molecule has 3 heterocycles. The highest BCUT2D eigenvalue weighted by Crippen LogP contribution is 2.26. The Kier molecular flexibility index (Phi) is 5.97. The van der Waals surface area contributed by atoms with E-state index in [1.807, 2.05) is 29.0 Å². The number of hydrogen-bond acceptors (Lipinski definition) is 7. The molecule has 0 bridgehead atoms. The van der Waals surface area contributed by atoms with Crippen LogP contribution >= 0.6 is 23.1 Å². The van der Waals surface area contributed by atoms with Gasteiger partial charge in [0.05, 0.1) is 16.2 Å². The molecule has 0 fully saturated rings. The number of aryl methyl sites for hydroxylation is 2. The highest BCUT2D eigenvalue weighted by molar-refractivity contribution is 7.99. The van der Waals surface area contributed by atoms with Crippen LogP contribution in [0.1, 0.15) is 28.8 Å². The topological polar surface area (TPSA) is 102 Å². The first kappa shape index (κ1) is 19.2. The number of thioether (sulfide) groups is 1. The summed E-state index contributed by atoms with van der Waals surface area (Å²) in [5, 5.41) is 11.0. The summed E-state index contributed by atoms with van der Waals surface area (Å²) < 4.78 is 7.27. The van der Waals surface area contributed by atoms with Crippen LogP contribution in [0.4, 0.5) is 0 Å². The molecule has 0 aromatic carbocycles. The van der Waals surface area contributed by atoms with Crippen molar-refractivity contribution in [2.45, 2.75) is 32.5 Å². The third-order valence-corrected chi connectivity index (χ3v) is 5.54. The van der Waals surface area contributed by atoms with Crippen molar-refractivity contribution in [3.8, 4) is 10.7 Å². The van der Waals surface area contributed by atoms with E-state index < -0.39 is 5.91 Å². The van der Waals surface area contributed by atoms with Gasteiger partial charge in [-0.25, -0.2) is 0 Å². The van der Waals surface area contributed by atoms with Crippen molar-refractivity contribution in [1.29, 1.82) is 0 Å². The summed E-state index contributed by atoms with van der Waals surface area (Å²) in [4.78, 5) is 25.2. The number of amides is 2. The molecule has 0 radical (unpaired) electrons. The Bertz CT molecular complexity index is 946. The molecule has 10 heteroatoms. The zero-order chi connectivity index (χ0) is 19.4. The first-order valence-electron chi connectivity index (χ1n) is 8.25. The first-order valence-corrected chi connectivity index (χ1v) is 10.1. The number of rotatable bonds is 6. The predicted molar refractivity (Wildman–Crippen MR) is 104 cm³/mol. The van der Waals surface area contributed by atoms with Crippen molar-refractivity contribution in [2.24, 2.45) is 0 Å². The van der Waals surface area contributed by atoms with Gasteiger partial charge in [-0.1, -0.05) is 17.8 Å². The fourth-order valence-corrected chi connectivity index (χ4v) is 4.00. The Balaban J connectivity index is 1.55. The van der Waals surface area contributed by atoms with Crippen LogP contribution in [0.5, 0.6) is 0 Å². The minimum Gasteiger partial charge on any atom is -0.466 e. The van der Waals surface area contributed by atoms with E-state index in [1.165, 1.54) is 11.8 Å². The van der Waals surface area contributed by atoms with Gasteiger partial charge in [-0.2, -0.15) is 0 Å². The average Bonchev–Trinajstić information content (AvgIpc) is 3.36.